The highest BCUT2D eigenvalue weighted by Gasteiger charge is 2.53. The average molecular weight is 359 g/mol. The molecular formula is C14H17BrClN3O. The molecule has 1 aromatic carbocycles. The number of anilines is 1. The van der Waals surface area contributed by atoms with Crippen LogP contribution < -0.4 is 10.6 Å². The lowest BCUT2D eigenvalue weighted by Crippen LogP contribution is -2.62. The van der Waals surface area contributed by atoms with Gasteiger partial charge in [0, 0.05) is 16.8 Å². The maximum Gasteiger partial charge on any atom is 0.196 e. The van der Waals surface area contributed by atoms with Crippen molar-refractivity contribution >= 4 is 39.2 Å². The Balaban J connectivity index is 1.86. The number of ether oxygens (including phenoxy) is 1. The molecule has 0 radical (unpaired) electrons. The molecule has 1 spiro atoms. The first-order valence-electron chi connectivity index (χ1n) is 6.72. The molecule has 2 N–H and O–H groups in total. The maximum absolute atomic E-state index is 6.09. The number of aliphatic imine (C=N–C) groups is 1. The molecule has 1 fully saturated rings. The fraction of sp³-hybridized carbons (Fsp3) is 0.500. The van der Waals surface area contributed by atoms with Crippen molar-refractivity contribution in [3.8, 4) is 0 Å². The Bertz CT molecular complexity index is 557. The van der Waals surface area contributed by atoms with Gasteiger partial charge in [0.2, 0.25) is 0 Å². The van der Waals surface area contributed by atoms with Crippen LogP contribution in [-0.2, 0) is 4.74 Å². The van der Waals surface area contributed by atoms with Crippen molar-refractivity contribution in [2.24, 2.45) is 10.7 Å². The summed E-state index contributed by atoms with van der Waals surface area (Å²) in [5, 5.41) is 0.693. The van der Waals surface area contributed by atoms with Crippen LogP contribution in [-0.4, -0.2) is 30.8 Å². The molecule has 1 heterocycles. The number of hydrogen-bond donors (Lipinski definition) is 1. The van der Waals surface area contributed by atoms with Crippen molar-refractivity contribution in [2.45, 2.75) is 31.4 Å². The number of hydrogen-bond acceptors (Lipinski definition) is 4. The standard InChI is InChI=1S/C14H17BrClN3O/c1-2-20-10-6-14(7-10)8-18-13(17)19(14)9-3-4-12(16)11(15)5-9/h3-5,10H,2,6-8H2,1H3,(H2,17,18). The second kappa shape index (κ2) is 5.20. The van der Waals surface area contributed by atoms with Crippen LogP contribution in [0.4, 0.5) is 5.69 Å². The van der Waals surface area contributed by atoms with Crippen molar-refractivity contribution in [3.63, 3.8) is 0 Å². The predicted octanol–water partition coefficient (Wildman–Crippen LogP) is 3.17. The SMILES string of the molecule is CCOC1CC2(CN=C(N)N2c2ccc(Cl)c(Br)c2)C1. The van der Waals surface area contributed by atoms with E-state index in [1.54, 1.807) is 0 Å². The van der Waals surface area contributed by atoms with Crippen LogP contribution in [0.3, 0.4) is 0 Å². The Kier molecular flexibility index (Phi) is 3.69. The van der Waals surface area contributed by atoms with Crippen molar-refractivity contribution in [2.75, 3.05) is 18.1 Å². The van der Waals surface area contributed by atoms with Gasteiger partial charge in [-0.25, -0.2) is 0 Å². The van der Waals surface area contributed by atoms with E-state index in [9.17, 15) is 0 Å². The van der Waals surface area contributed by atoms with E-state index in [0.717, 1.165) is 36.2 Å². The molecule has 0 amide bonds. The summed E-state index contributed by atoms with van der Waals surface area (Å²) >= 11 is 9.52. The van der Waals surface area contributed by atoms with Gasteiger partial charge in [-0.2, -0.15) is 0 Å². The number of rotatable bonds is 3. The van der Waals surface area contributed by atoms with Gasteiger partial charge >= 0.3 is 0 Å². The van der Waals surface area contributed by atoms with Crippen LogP contribution in [0.1, 0.15) is 19.8 Å². The van der Waals surface area contributed by atoms with Gasteiger partial charge in [-0.15, -0.1) is 0 Å². The fourth-order valence-electron chi connectivity index (χ4n) is 3.10. The number of guanidine groups is 1. The largest absolute Gasteiger partial charge is 0.378 e. The molecule has 0 saturated heterocycles. The molecule has 0 unspecified atom stereocenters. The van der Waals surface area contributed by atoms with Gasteiger partial charge in [-0.3, -0.25) is 4.99 Å². The molecule has 1 aliphatic heterocycles. The van der Waals surface area contributed by atoms with Gasteiger partial charge in [-0.05, 0) is 53.9 Å². The normalized spacial score (nSPS) is 28.6. The Morgan fingerprint density at radius 2 is 2.30 bits per heavy atom. The zero-order chi connectivity index (χ0) is 14.3. The Labute approximate surface area is 132 Å². The summed E-state index contributed by atoms with van der Waals surface area (Å²) in [5.74, 6) is 0.578. The lowest BCUT2D eigenvalue weighted by atomic mass is 9.73. The molecule has 6 heteroatoms. The molecule has 0 bridgehead atoms. The monoisotopic (exact) mass is 357 g/mol. The predicted molar refractivity (Wildman–Crippen MR) is 85.5 cm³/mol. The summed E-state index contributed by atoms with van der Waals surface area (Å²) in [6, 6.07) is 5.85. The van der Waals surface area contributed by atoms with Gasteiger partial charge in [0.05, 0.1) is 23.2 Å². The molecule has 4 nitrogen and oxygen atoms in total. The van der Waals surface area contributed by atoms with Gasteiger partial charge in [0.15, 0.2) is 5.96 Å². The molecule has 1 aliphatic carbocycles. The van der Waals surface area contributed by atoms with Crippen LogP contribution >= 0.6 is 27.5 Å². The van der Waals surface area contributed by atoms with E-state index in [0.29, 0.717) is 17.1 Å². The van der Waals surface area contributed by atoms with E-state index in [2.05, 4.69) is 25.8 Å². The summed E-state index contributed by atoms with van der Waals surface area (Å²) in [7, 11) is 0. The molecule has 108 valence electrons. The summed E-state index contributed by atoms with van der Waals surface area (Å²) < 4.78 is 6.55. The Morgan fingerprint density at radius 3 is 2.95 bits per heavy atom. The van der Waals surface area contributed by atoms with E-state index >= 15 is 0 Å². The fourth-order valence-corrected chi connectivity index (χ4v) is 3.58. The first-order valence-corrected chi connectivity index (χ1v) is 7.89. The number of nitrogens with zero attached hydrogens (tertiary/aromatic N) is 2. The maximum atomic E-state index is 6.09. The third kappa shape index (κ3) is 2.22. The van der Waals surface area contributed by atoms with Crippen LogP contribution in [0.25, 0.3) is 0 Å². The van der Waals surface area contributed by atoms with Gasteiger partial charge in [0.25, 0.3) is 0 Å². The molecule has 1 aromatic rings. The van der Waals surface area contributed by atoms with Crippen molar-refractivity contribution in [3.05, 3.63) is 27.7 Å². The number of halogens is 2. The number of benzene rings is 1. The minimum atomic E-state index is -0.0167. The van der Waals surface area contributed by atoms with E-state index in [-0.39, 0.29) is 5.54 Å². The van der Waals surface area contributed by atoms with E-state index in [1.165, 1.54) is 0 Å². The second-order valence-corrected chi connectivity index (χ2v) is 6.58. The van der Waals surface area contributed by atoms with E-state index in [4.69, 9.17) is 22.1 Å². The highest BCUT2D eigenvalue weighted by Crippen LogP contribution is 2.45. The molecule has 2 aliphatic rings. The Morgan fingerprint density at radius 1 is 1.55 bits per heavy atom. The topological polar surface area (TPSA) is 50.9 Å². The molecule has 1 saturated carbocycles. The number of nitrogens with two attached hydrogens (primary N) is 1. The van der Waals surface area contributed by atoms with Gasteiger partial charge in [0.1, 0.15) is 0 Å². The quantitative estimate of drug-likeness (QED) is 0.903. The molecule has 3 rings (SSSR count). The first kappa shape index (κ1) is 14.2. The Hall–Kier alpha value is -0.780. The third-order valence-electron chi connectivity index (χ3n) is 4.02. The van der Waals surface area contributed by atoms with E-state index in [1.807, 2.05) is 25.1 Å². The lowest BCUT2D eigenvalue weighted by Gasteiger charge is -2.50. The van der Waals surface area contributed by atoms with Gasteiger partial charge < -0.3 is 15.4 Å². The zero-order valence-corrected chi connectivity index (χ0v) is 13.6. The summed E-state index contributed by atoms with van der Waals surface area (Å²) in [4.78, 5) is 6.56. The highest BCUT2D eigenvalue weighted by molar-refractivity contribution is 9.10. The van der Waals surface area contributed by atoms with Crippen molar-refractivity contribution in [1.29, 1.82) is 0 Å². The van der Waals surface area contributed by atoms with Crippen LogP contribution in [0.15, 0.2) is 27.7 Å². The summed E-state index contributed by atoms with van der Waals surface area (Å²) in [6.45, 7) is 3.52. The van der Waals surface area contributed by atoms with Crippen molar-refractivity contribution < 1.29 is 4.74 Å². The first-order chi connectivity index (χ1) is 9.55. The van der Waals surface area contributed by atoms with Gasteiger partial charge in [-0.1, -0.05) is 11.6 Å². The average Bonchev–Trinajstić information content (AvgIpc) is 2.71. The molecule has 20 heavy (non-hydrogen) atoms. The van der Waals surface area contributed by atoms with Crippen LogP contribution in [0.5, 0.6) is 0 Å². The minimum Gasteiger partial charge on any atom is -0.378 e. The second-order valence-electron chi connectivity index (χ2n) is 5.32. The minimum absolute atomic E-state index is 0.0167. The van der Waals surface area contributed by atoms with Crippen molar-refractivity contribution in [1.82, 2.24) is 0 Å². The zero-order valence-electron chi connectivity index (χ0n) is 11.3. The highest BCUT2D eigenvalue weighted by atomic mass is 79.9. The summed E-state index contributed by atoms with van der Waals surface area (Å²) in [6.07, 6.45) is 2.25. The molecule has 0 atom stereocenters. The molecule has 0 aromatic heterocycles. The van der Waals surface area contributed by atoms with Crippen LogP contribution in [0, 0.1) is 0 Å². The smallest absolute Gasteiger partial charge is 0.196 e. The summed E-state index contributed by atoms with van der Waals surface area (Å²) in [5.41, 5.74) is 7.10. The van der Waals surface area contributed by atoms with E-state index < -0.39 is 0 Å². The molecular weight excluding hydrogens is 342 g/mol. The third-order valence-corrected chi connectivity index (χ3v) is 5.23. The lowest BCUT2D eigenvalue weighted by molar-refractivity contribution is -0.0306. The van der Waals surface area contributed by atoms with Crippen LogP contribution in [0.2, 0.25) is 5.02 Å².